The standard InChI is InChI=1S/C25H23N3O3S/c29-25(27-18-20-9-6-14-26-17-20)24(15-19-7-2-1-3-8-19)28-32(30,31)23-13-12-21-10-4-5-11-22(21)16-23/h1-14,16-17,24,28H,15,18H2,(H,27,29)/t24-/m1/s1. The summed E-state index contributed by atoms with van der Waals surface area (Å²) in [7, 11) is -3.92. The minimum absolute atomic E-state index is 0.120. The summed E-state index contributed by atoms with van der Waals surface area (Å²) in [5, 5.41) is 4.58. The van der Waals surface area contributed by atoms with E-state index in [9.17, 15) is 13.2 Å². The number of benzene rings is 3. The van der Waals surface area contributed by atoms with Gasteiger partial charge in [0.05, 0.1) is 4.90 Å². The van der Waals surface area contributed by atoms with Crippen LogP contribution in [-0.2, 0) is 27.8 Å². The third-order valence-electron chi connectivity index (χ3n) is 5.12. The van der Waals surface area contributed by atoms with Crippen molar-refractivity contribution in [3.05, 3.63) is 108 Å². The van der Waals surface area contributed by atoms with Gasteiger partial charge in [0.25, 0.3) is 0 Å². The maximum atomic E-state index is 13.2. The zero-order valence-corrected chi connectivity index (χ0v) is 18.1. The average molecular weight is 446 g/mol. The number of pyridine rings is 1. The molecule has 1 aromatic heterocycles. The Morgan fingerprint density at radius 2 is 1.56 bits per heavy atom. The lowest BCUT2D eigenvalue weighted by Gasteiger charge is -2.19. The normalized spacial score (nSPS) is 12.4. The molecular formula is C25H23N3O3S. The number of nitrogens with zero attached hydrogens (tertiary/aromatic N) is 1. The van der Waals surface area contributed by atoms with Crippen LogP contribution in [0.5, 0.6) is 0 Å². The van der Waals surface area contributed by atoms with Crippen LogP contribution in [0.4, 0.5) is 0 Å². The van der Waals surface area contributed by atoms with Crippen LogP contribution in [0.1, 0.15) is 11.1 Å². The van der Waals surface area contributed by atoms with Gasteiger partial charge in [0.1, 0.15) is 6.04 Å². The van der Waals surface area contributed by atoms with E-state index in [2.05, 4.69) is 15.0 Å². The molecular weight excluding hydrogens is 422 g/mol. The number of rotatable bonds is 8. The molecule has 0 fully saturated rings. The molecule has 0 unspecified atom stereocenters. The Labute approximate surface area is 187 Å². The Morgan fingerprint density at radius 3 is 2.31 bits per heavy atom. The minimum atomic E-state index is -3.92. The van der Waals surface area contributed by atoms with E-state index in [1.807, 2.05) is 60.7 Å². The maximum Gasteiger partial charge on any atom is 0.241 e. The Morgan fingerprint density at radius 1 is 0.844 bits per heavy atom. The van der Waals surface area contributed by atoms with Gasteiger partial charge in [-0.25, -0.2) is 8.42 Å². The lowest BCUT2D eigenvalue weighted by molar-refractivity contribution is -0.122. The van der Waals surface area contributed by atoms with E-state index in [4.69, 9.17) is 0 Å². The van der Waals surface area contributed by atoms with Crippen LogP contribution >= 0.6 is 0 Å². The van der Waals surface area contributed by atoms with E-state index in [0.717, 1.165) is 21.9 Å². The van der Waals surface area contributed by atoms with Crippen LogP contribution < -0.4 is 10.0 Å². The first kappa shape index (κ1) is 21.7. The fourth-order valence-corrected chi connectivity index (χ4v) is 4.67. The number of carbonyl (C=O) groups is 1. The summed E-state index contributed by atoms with van der Waals surface area (Å²) < 4.78 is 28.9. The summed E-state index contributed by atoms with van der Waals surface area (Å²) in [4.78, 5) is 17.1. The third-order valence-corrected chi connectivity index (χ3v) is 6.59. The quantitative estimate of drug-likeness (QED) is 0.435. The van der Waals surface area contributed by atoms with Crippen molar-refractivity contribution in [2.45, 2.75) is 23.9 Å². The summed E-state index contributed by atoms with van der Waals surface area (Å²) in [5.74, 6) is -0.401. The maximum absolute atomic E-state index is 13.2. The third kappa shape index (κ3) is 5.38. The van der Waals surface area contributed by atoms with Gasteiger partial charge in [-0.05, 0) is 46.5 Å². The topological polar surface area (TPSA) is 88.2 Å². The molecule has 162 valence electrons. The van der Waals surface area contributed by atoms with Gasteiger partial charge in [-0.15, -0.1) is 0 Å². The van der Waals surface area contributed by atoms with Gasteiger partial charge < -0.3 is 5.32 Å². The van der Waals surface area contributed by atoms with Gasteiger partial charge in [0.2, 0.25) is 15.9 Å². The molecule has 32 heavy (non-hydrogen) atoms. The molecule has 7 heteroatoms. The van der Waals surface area contributed by atoms with Crippen LogP contribution in [0.15, 0.2) is 102 Å². The molecule has 0 saturated heterocycles. The Balaban J connectivity index is 1.57. The monoisotopic (exact) mass is 445 g/mol. The molecule has 0 aliphatic rings. The summed E-state index contributed by atoms with van der Waals surface area (Å²) >= 11 is 0. The molecule has 0 spiro atoms. The zero-order valence-electron chi connectivity index (χ0n) is 17.3. The molecule has 0 aliphatic carbocycles. The highest BCUT2D eigenvalue weighted by Crippen LogP contribution is 2.19. The van der Waals surface area contributed by atoms with Crippen LogP contribution in [-0.4, -0.2) is 25.4 Å². The highest BCUT2D eigenvalue weighted by atomic mass is 32.2. The van der Waals surface area contributed by atoms with Gasteiger partial charge in [0.15, 0.2) is 0 Å². The zero-order chi connectivity index (χ0) is 22.4. The second-order valence-corrected chi connectivity index (χ2v) is 9.17. The second kappa shape index (κ2) is 9.72. The predicted molar refractivity (Wildman–Crippen MR) is 124 cm³/mol. The highest BCUT2D eigenvalue weighted by molar-refractivity contribution is 7.89. The Hall–Kier alpha value is -3.55. The summed E-state index contributed by atoms with van der Waals surface area (Å²) in [6.45, 7) is 0.260. The van der Waals surface area contributed by atoms with Crippen molar-refractivity contribution in [3.63, 3.8) is 0 Å². The number of hydrogen-bond donors (Lipinski definition) is 2. The molecule has 3 aromatic carbocycles. The van der Waals surface area contributed by atoms with E-state index in [1.165, 1.54) is 0 Å². The molecule has 0 aliphatic heterocycles. The highest BCUT2D eigenvalue weighted by Gasteiger charge is 2.26. The Kier molecular flexibility index (Phi) is 6.58. The number of fused-ring (bicyclic) bond motifs is 1. The van der Waals surface area contributed by atoms with Crippen LogP contribution in [0.3, 0.4) is 0 Å². The first-order valence-corrected chi connectivity index (χ1v) is 11.7. The number of aromatic nitrogens is 1. The lowest BCUT2D eigenvalue weighted by Crippen LogP contribution is -2.47. The number of carbonyl (C=O) groups excluding carboxylic acids is 1. The van der Waals surface area contributed by atoms with Crippen molar-refractivity contribution in [2.24, 2.45) is 0 Å². The summed E-state index contributed by atoms with van der Waals surface area (Å²) in [5.41, 5.74) is 1.69. The second-order valence-electron chi connectivity index (χ2n) is 7.45. The van der Waals surface area contributed by atoms with Crippen molar-refractivity contribution < 1.29 is 13.2 Å². The molecule has 0 bridgehead atoms. The molecule has 4 rings (SSSR count). The fourth-order valence-electron chi connectivity index (χ4n) is 3.44. The Bertz CT molecular complexity index is 1310. The molecule has 1 amide bonds. The van der Waals surface area contributed by atoms with Gasteiger partial charge in [0, 0.05) is 18.9 Å². The van der Waals surface area contributed by atoms with Crippen molar-refractivity contribution in [3.8, 4) is 0 Å². The van der Waals surface area contributed by atoms with Crippen molar-refractivity contribution in [1.29, 1.82) is 0 Å². The van der Waals surface area contributed by atoms with E-state index < -0.39 is 22.0 Å². The van der Waals surface area contributed by atoms with E-state index in [1.54, 1.807) is 36.7 Å². The SMILES string of the molecule is O=C(NCc1cccnc1)[C@@H](Cc1ccccc1)NS(=O)(=O)c1ccc2ccccc2c1. The van der Waals surface area contributed by atoms with Crippen LogP contribution in [0, 0.1) is 0 Å². The molecule has 4 aromatic rings. The van der Waals surface area contributed by atoms with Crippen molar-refractivity contribution in [2.75, 3.05) is 0 Å². The number of nitrogens with one attached hydrogen (secondary N) is 2. The minimum Gasteiger partial charge on any atom is -0.351 e. The molecule has 0 radical (unpaired) electrons. The summed E-state index contributed by atoms with van der Waals surface area (Å²) in [6, 6.07) is 24.5. The molecule has 6 nitrogen and oxygen atoms in total. The average Bonchev–Trinajstić information content (AvgIpc) is 2.83. The molecule has 0 saturated carbocycles. The van der Waals surface area contributed by atoms with Crippen LogP contribution in [0.25, 0.3) is 10.8 Å². The van der Waals surface area contributed by atoms with Crippen LogP contribution in [0.2, 0.25) is 0 Å². The van der Waals surface area contributed by atoms with Gasteiger partial charge in [-0.1, -0.05) is 66.7 Å². The number of amides is 1. The van der Waals surface area contributed by atoms with Crippen molar-refractivity contribution >= 4 is 26.7 Å². The van der Waals surface area contributed by atoms with Crippen molar-refractivity contribution in [1.82, 2.24) is 15.0 Å². The lowest BCUT2D eigenvalue weighted by atomic mass is 10.1. The number of sulfonamides is 1. The first-order valence-electron chi connectivity index (χ1n) is 10.2. The first-order chi connectivity index (χ1) is 15.5. The smallest absolute Gasteiger partial charge is 0.241 e. The van der Waals surface area contributed by atoms with E-state index in [0.29, 0.717) is 0 Å². The summed E-state index contributed by atoms with van der Waals surface area (Å²) in [6.07, 6.45) is 3.54. The van der Waals surface area contributed by atoms with Gasteiger partial charge >= 0.3 is 0 Å². The van der Waals surface area contributed by atoms with Gasteiger partial charge in [-0.3, -0.25) is 9.78 Å². The molecule has 2 N–H and O–H groups in total. The van der Waals surface area contributed by atoms with E-state index in [-0.39, 0.29) is 17.9 Å². The predicted octanol–water partition coefficient (Wildman–Crippen LogP) is 3.44. The fraction of sp³-hybridized carbons (Fsp3) is 0.120. The molecule has 1 heterocycles. The van der Waals surface area contributed by atoms with Gasteiger partial charge in [-0.2, -0.15) is 4.72 Å². The van der Waals surface area contributed by atoms with E-state index >= 15 is 0 Å². The largest absolute Gasteiger partial charge is 0.351 e. The molecule has 1 atom stereocenters. The number of hydrogen-bond acceptors (Lipinski definition) is 4.